The topological polar surface area (TPSA) is 47.9 Å². The van der Waals surface area contributed by atoms with Crippen LogP contribution in [0.3, 0.4) is 0 Å². The Hall–Kier alpha value is -1.68. The smallest absolute Gasteiger partial charge is 0.308 e. The lowest BCUT2D eigenvalue weighted by atomic mass is 10.3. The number of ether oxygens (including phenoxy) is 2. The quantitative estimate of drug-likeness (QED) is 0.404. The van der Waals surface area contributed by atoms with Crippen molar-refractivity contribution in [2.24, 2.45) is 4.99 Å². The maximum atomic E-state index is 11.2. The number of hydrogen-bond donors (Lipinski definition) is 0. The number of hydrogen-bond acceptors (Lipinski definition) is 4. The third-order valence-corrected chi connectivity index (χ3v) is 2.16. The predicted octanol–water partition coefficient (Wildman–Crippen LogP) is 2.75. The van der Waals surface area contributed by atoms with Crippen LogP contribution < -0.4 is 0 Å². The van der Waals surface area contributed by atoms with Gasteiger partial charge < -0.3 is 9.47 Å². The van der Waals surface area contributed by atoms with Crippen molar-refractivity contribution in [1.29, 1.82) is 0 Å². The molecule has 1 rings (SSSR count). The molecule has 1 aromatic carbocycles. The number of carbonyl (C=O) groups is 1. The molecule has 0 saturated carbocycles. The van der Waals surface area contributed by atoms with Crippen molar-refractivity contribution in [3.8, 4) is 0 Å². The van der Waals surface area contributed by atoms with Crippen molar-refractivity contribution in [3.05, 3.63) is 30.3 Å². The van der Waals surface area contributed by atoms with Crippen molar-refractivity contribution in [3.63, 3.8) is 0 Å². The van der Waals surface area contributed by atoms with E-state index in [0.29, 0.717) is 32.7 Å². The van der Waals surface area contributed by atoms with E-state index < -0.39 is 0 Å². The molecule has 0 N–H and O–H groups in total. The second kappa shape index (κ2) is 9.36. The molecule has 18 heavy (non-hydrogen) atoms. The van der Waals surface area contributed by atoms with Gasteiger partial charge in [0.25, 0.3) is 0 Å². The zero-order valence-corrected chi connectivity index (χ0v) is 10.7. The van der Waals surface area contributed by atoms with Crippen molar-refractivity contribution >= 4 is 17.9 Å². The first kappa shape index (κ1) is 14.4. The van der Waals surface area contributed by atoms with Gasteiger partial charge in [-0.3, -0.25) is 9.79 Å². The molecule has 0 spiro atoms. The molecule has 0 heterocycles. The number of para-hydroxylation sites is 1. The third-order valence-electron chi connectivity index (χ3n) is 2.16. The van der Waals surface area contributed by atoms with Crippen LogP contribution in [-0.2, 0) is 14.3 Å². The van der Waals surface area contributed by atoms with Gasteiger partial charge in [0.2, 0.25) is 0 Å². The van der Waals surface area contributed by atoms with E-state index in [1.54, 1.807) is 6.21 Å². The molecule has 0 saturated heterocycles. The lowest BCUT2D eigenvalue weighted by Gasteiger charge is -2.02. The molecule has 0 atom stereocenters. The minimum Gasteiger partial charge on any atom is -0.465 e. The summed E-state index contributed by atoms with van der Waals surface area (Å²) in [7, 11) is 0. The summed E-state index contributed by atoms with van der Waals surface area (Å²) in [5.74, 6) is -0.225. The molecular formula is C14H19NO3. The molecule has 0 aliphatic carbocycles. The van der Waals surface area contributed by atoms with Gasteiger partial charge in [-0.05, 0) is 19.1 Å². The molecule has 98 valence electrons. The summed E-state index contributed by atoms with van der Waals surface area (Å²) >= 11 is 0. The zero-order chi connectivity index (χ0) is 13.1. The minimum atomic E-state index is -0.225. The lowest BCUT2D eigenvalue weighted by molar-refractivity contribution is -0.144. The molecule has 0 unspecified atom stereocenters. The Morgan fingerprint density at radius 3 is 2.78 bits per heavy atom. The van der Waals surface area contributed by atoms with Gasteiger partial charge >= 0.3 is 5.97 Å². The minimum absolute atomic E-state index is 0.225. The molecule has 0 fully saturated rings. The van der Waals surface area contributed by atoms with E-state index in [-0.39, 0.29) is 5.97 Å². The Kier molecular flexibility index (Phi) is 7.48. The summed E-state index contributed by atoms with van der Waals surface area (Å²) in [6.07, 6.45) is 2.68. The van der Waals surface area contributed by atoms with Crippen LogP contribution in [0.2, 0.25) is 0 Å². The monoisotopic (exact) mass is 249 g/mol. The Morgan fingerprint density at radius 2 is 2.06 bits per heavy atom. The van der Waals surface area contributed by atoms with E-state index in [1.807, 2.05) is 37.3 Å². The molecule has 0 aliphatic heterocycles. The van der Waals surface area contributed by atoms with Crippen LogP contribution in [0.4, 0.5) is 5.69 Å². The number of benzene rings is 1. The number of aliphatic imine (C=N–C) groups is 1. The SMILES string of the molecule is CCOCCC(=O)OCCC=Nc1ccccc1. The Bertz CT molecular complexity index is 363. The molecule has 0 aliphatic rings. The van der Waals surface area contributed by atoms with Crippen LogP contribution >= 0.6 is 0 Å². The van der Waals surface area contributed by atoms with Gasteiger partial charge in [0.15, 0.2) is 0 Å². The van der Waals surface area contributed by atoms with Crippen molar-refractivity contribution < 1.29 is 14.3 Å². The fraction of sp³-hybridized carbons (Fsp3) is 0.429. The summed E-state index contributed by atoms with van der Waals surface area (Å²) in [5, 5.41) is 0. The van der Waals surface area contributed by atoms with Crippen LogP contribution in [0, 0.1) is 0 Å². The molecule has 0 amide bonds. The standard InChI is InChI=1S/C14H19NO3/c1-2-17-12-9-14(16)18-11-6-10-15-13-7-4-3-5-8-13/h3-5,7-8,10H,2,6,9,11-12H2,1H3. The third kappa shape index (κ3) is 6.81. The van der Waals surface area contributed by atoms with E-state index in [2.05, 4.69) is 4.99 Å². The second-order valence-corrected chi connectivity index (χ2v) is 3.60. The first-order chi connectivity index (χ1) is 8.83. The van der Waals surface area contributed by atoms with E-state index >= 15 is 0 Å². The summed E-state index contributed by atoms with van der Waals surface area (Å²) < 4.78 is 10.1. The molecule has 0 radical (unpaired) electrons. The molecule has 0 bridgehead atoms. The highest BCUT2D eigenvalue weighted by molar-refractivity contribution is 5.70. The first-order valence-corrected chi connectivity index (χ1v) is 6.14. The van der Waals surface area contributed by atoms with Gasteiger partial charge in [0.05, 0.1) is 25.3 Å². The van der Waals surface area contributed by atoms with Crippen molar-refractivity contribution in [1.82, 2.24) is 0 Å². The number of nitrogens with zero attached hydrogens (tertiary/aromatic N) is 1. The highest BCUT2D eigenvalue weighted by Gasteiger charge is 2.00. The average molecular weight is 249 g/mol. The number of rotatable bonds is 8. The van der Waals surface area contributed by atoms with Crippen LogP contribution in [0.1, 0.15) is 19.8 Å². The van der Waals surface area contributed by atoms with Crippen molar-refractivity contribution in [2.45, 2.75) is 19.8 Å². The summed E-state index contributed by atoms with van der Waals surface area (Å²) in [4.78, 5) is 15.4. The fourth-order valence-corrected chi connectivity index (χ4v) is 1.28. The van der Waals surface area contributed by atoms with E-state index in [4.69, 9.17) is 9.47 Å². The first-order valence-electron chi connectivity index (χ1n) is 6.14. The van der Waals surface area contributed by atoms with Gasteiger partial charge in [0.1, 0.15) is 0 Å². The highest BCUT2D eigenvalue weighted by atomic mass is 16.5. The number of esters is 1. The van der Waals surface area contributed by atoms with Crippen LogP contribution in [-0.4, -0.2) is 32.0 Å². The molecular weight excluding hydrogens is 230 g/mol. The Morgan fingerprint density at radius 1 is 1.28 bits per heavy atom. The Balaban J connectivity index is 2.08. The van der Waals surface area contributed by atoms with Crippen LogP contribution in [0.25, 0.3) is 0 Å². The summed E-state index contributed by atoms with van der Waals surface area (Å²) in [5.41, 5.74) is 0.903. The van der Waals surface area contributed by atoms with E-state index in [1.165, 1.54) is 0 Å². The number of carbonyl (C=O) groups excluding carboxylic acids is 1. The zero-order valence-electron chi connectivity index (χ0n) is 10.7. The molecule has 0 aromatic heterocycles. The Labute approximate surface area is 108 Å². The van der Waals surface area contributed by atoms with Gasteiger partial charge in [-0.25, -0.2) is 0 Å². The summed E-state index contributed by atoms with van der Waals surface area (Å²) in [6, 6.07) is 9.65. The van der Waals surface area contributed by atoms with E-state index in [9.17, 15) is 4.79 Å². The van der Waals surface area contributed by atoms with Gasteiger partial charge in [0, 0.05) is 19.2 Å². The van der Waals surface area contributed by atoms with Crippen LogP contribution in [0.5, 0.6) is 0 Å². The molecule has 4 nitrogen and oxygen atoms in total. The van der Waals surface area contributed by atoms with Crippen molar-refractivity contribution in [2.75, 3.05) is 19.8 Å². The average Bonchev–Trinajstić information content (AvgIpc) is 2.40. The highest BCUT2D eigenvalue weighted by Crippen LogP contribution is 2.08. The van der Waals surface area contributed by atoms with Gasteiger partial charge in [-0.15, -0.1) is 0 Å². The maximum Gasteiger partial charge on any atom is 0.308 e. The van der Waals surface area contributed by atoms with Crippen LogP contribution in [0.15, 0.2) is 35.3 Å². The lowest BCUT2D eigenvalue weighted by Crippen LogP contribution is -2.09. The van der Waals surface area contributed by atoms with Gasteiger partial charge in [-0.1, -0.05) is 18.2 Å². The molecule has 4 heteroatoms. The maximum absolute atomic E-state index is 11.2. The fourth-order valence-electron chi connectivity index (χ4n) is 1.28. The van der Waals surface area contributed by atoms with Gasteiger partial charge in [-0.2, -0.15) is 0 Å². The van der Waals surface area contributed by atoms with E-state index in [0.717, 1.165) is 5.69 Å². The molecule has 1 aromatic rings. The predicted molar refractivity (Wildman–Crippen MR) is 71.3 cm³/mol. The summed E-state index contributed by atoms with van der Waals surface area (Å²) in [6.45, 7) is 3.30. The largest absolute Gasteiger partial charge is 0.465 e. The normalized spacial score (nSPS) is 10.7. The second-order valence-electron chi connectivity index (χ2n) is 3.60.